The Morgan fingerprint density at radius 3 is 2.70 bits per heavy atom. The Balaban J connectivity index is 1.77. The summed E-state index contributed by atoms with van der Waals surface area (Å²) in [6.45, 7) is 3.49. The van der Waals surface area contributed by atoms with Crippen LogP contribution in [0.3, 0.4) is 0 Å². The van der Waals surface area contributed by atoms with Gasteiger partial charge in [0.2, 0.25) is 0 Å². The van der Waals surface area contributed by atoms with Crippen molar-refractivity contribution in [2.24, 2.45) is 0 Å². The Hall–Kier alpha value is -1.81. The van der Waals surface area contributed by atoms with E-state index in [1.165, 1.54) is 30.6 Å². The lowest BCUT2D eigenvalue weighted by atomic mass is 10.1. The second-order valence-corrected chi connectivity index (χ2v) is 5.56. The fraction of sp³-hybridized carbons (Fsp3) is 0.438. The normalized spacial score (nSPS) is 16.0. The zero-order valence-corrected chi connectivity index (χ0v) is 11.7. The number of rotatable bonds is 4. The van der Waals surface area contributed by atoms with Crippen molar-refractivity contribution in [3.05, 3.63) is 46.2 Å². The third-order valence-electron chi connectivity index (χ3n) is 4.14. The molecule has 0 atom stereocenters. The van der Waals surface area contributed by atoms with E-state index in [9.17, 15) is 4.79 Å². The average molecular weight is 271 g/mol. The topological polar surface area (TPSA) is 51.3 Å². The Bertz CT molecular complexity index is 656. The molecule has 0 unspecified atom stereocenters. The van der Waals surface area contributed by atoms with Crippen molar-refractivity contribution >= 4 is 10.9 Å². The number of hydrogen-bond acceptors (Lipinski definition) is 3. The van der Waals surface area contributed by atoms with Gasteiger partial charge in [-0.25, -0.2) is 4.68 Å². The number of pyridine rings is 1. The SMILES string of the molecule is Nn1c(=O)c(CCCN2CCCC2)cc2ccccc21. The summed E-state index contributed by atoms with van der Waals surface area (Å²) in [6, 6.07) is 9.75. The molecule has 2 heterocycles. The highest BCUT2D eigenvalue weighted by Crippen LogP contribution is 2.13. The van der Waals surface area contributed by atoms with Crippen LogP contribution in [-0.4, -0.2) is 29.2 Å². The van der Waals surface area contributed by atoms with Crippen molar-refractivity contribution in [2.45, 2.75) is 25.7 Å². The van der Waals surface area contributed by atoms with Crippen LogP contribution in [0.4, 0.5) is 0 Å². The standard InChI is InChI=1S/C16H21N3O/c17-19-15-8-2-1-6-13(15)12-14(16(19)20)7-5-11-18-9-3-4-10-18/h1-2,6,8,12H,3-5,7,9-11,17H2. The number of benzene rings is 1. The molecule has 4 heteroatoms. The van der Waals surface area contributed by atoms with E-state index >= 15 is 0 Å². The van der Waals surface area contributed by atoms with Crippen molar-refractivity contribution < 1.29 is 0 Å². The van der Waals surface area contributed by atoms with E-state index in [-0.39, 0.29) is 5.56 Å². The molecule has 1 aromatic carbocycles. The first-order valence-electron chi connectivity index (χ1n) is 7.37. The molecule has 0 aliphatic carbocycles. The van der Waals surface area contributed by atoms with Gasteiger partial charge in [-0.15, -0.1) is 0 Å². The second kappa shape index (κ2) is 5.67. The third-order valence-corrected chi connectivity index (χ3v) is 4.14. The van der Waals surface area contributed by atoms with Gasteiger partial charge in [0.15, 0.2) is 0 Å². The smallest absolute Gasteiger partial charge is 0.272 e. The minimum Gasteiger partial charge on any atom is -0.336 e. The van der Waals surface area contributed by atoms with Crippen LogP contribution in [0.2, 0.25) is 0 Å². The summed E-state index contributed by atoms with van der Waals surface area (Å²) in [5.41, 5.74) is 1.55. The summed E-state index contributed by atoms with van der Waals surface area (Å²) < 4.78 is 1.28. The third kappa shape index (κ3) is 2.56. The highest BCUT2D eigenvalue weighted by molar-refractivity contribution is 5.79. The molecule has 1 aliphatic heterocycles. The van der Waals surface area contributed by atoms with Crippen LogP contribution in [0, 0.1) is 0 Å². The number of likely N-dealkylation sites (tertiary alicyclic amines) is 1. The van der Waals surface area contributed by atoms with Gasteiger partial charge in [0.25, 0.3) is 5.56 Å². The lowest BCUT2D eigenvalue weighted by molar-refractivity contribution is 0.334. The van der Waals surface area contributed by atoms with E-state index in [1.807, 2.05) is 30.3 Å². The first kappa shape index (κ1) is 13.2. The Kier molecular flexibility index (Phi) is 3.74. The van der Waals surface area contributed by atoms with Gasteiger partial charge in [0.05, 0.1) is 5.52 Å². The molecule has 20 heavy (non-hydrogen) atoms. The molecular formula is C16H21N3O. The van der Waals surface area contributed by atoms with Crippen molar-refractivity contribution in [1.29, 1.82) is 0 Å². The van der Waals surface area contributed by atoms with Gasteiger partial charge < -0.3 is 10.7 Å². The Labute approximate surface area is 118 Å². The maximum Gasteiger partial charge on any atom is 0.272 e. The van der Waals surface area contributed by atoms with Crippen LogP contribution in [0.15, 0.2) is 35.1 Å². The summed E-state index contributed by atoms with van der Waals surface area (Å²) in [5, 5.41) is 1.03. The Morgan fingerprint density at radius 2 is 1.90 bits per heavy atom. The van der Waals surface area contributed by atoms with Crippen molar-refractivity contribution in [3.8, 4) is 0 Å². The molecule has 0 radical (unpaired) electrons. The summed E-state index contributed by atoms with van der Waals surface area (Å²) in [6.07, 6.45) is 4.45. The highest BCUT2D eigenvalue weighted by Gasteiger charge is 2.12. The summed E-state index contributed by atoms with van der Waals surface area (Å²) in [5.74, 6) is 5.91. The number of aryl methyl sites for hydroxylation is 1. The van der Waals surface area contributed by atoms with Gasteiger partial charge in [-0.3, -0.25) is 4.79 Å². The van der Waals surface area contributed by atoms with Crippen molar-refractivity contribution in [2.75, 3.05) is 25.5 Å². The lowest BCUT2D eigenvalue weighted by Crippen LogP contribution is -2.30. The van der Waals surface area contributed by atoms with E-state index in [0.29, 0.717) is 0 Å². The van der Waals surface area contributed by atoms with E-state index in [1.54, 1.807) is 0 Å². The highest BCUT2D eigenvalue weighted by atomic mass is 16.1. The molecule has 1 aliphatic rings. The zero-order chi connectivity index (χ0) is 13.9. The number of nitrogens with zero attached hydrogens (tertiary/aromatic N) is 2. The number of aromatic nitrogens is 1. The molecule has 0 saturated carbocycles. The minimum absolute atomic E-state index is 0.0647. The molecule has 0 spiro atoms. The largest absolute Gasteiger partial charge is 0.336 e. The predicted molar refractivity (Wildman–Crippen MR) is 82.4 cm³/mol. The molecule has 0 bridgehead atoms. The van der Waals surface area contributed by atoms with Gasteiger partial charge in [0.1, 0.15) is 0 Å². The first-order chi connectivity index (χ1) is 9.75. The molecule has 2 aromatic rings. The van der Waals surface area contributed by atoms with E-state index < -0.39 is 0 Å². The molecule has 1 fully saturated rings. The van der Waals surface area contributed by atoms with Crippen molar-refractivity contribution in [3.63, 3.8) is 0 Å². The lowest BCUT2D eigenvalue weighted by Gasteiger charge is -2.14. The fourth-order valence-electron chi connectivity index (χ4n) is 3.02. The van der Waals surface area contributed by atoms with Crippen LogP contribution in [0.1, 0.15) is 24.8 Å². The summed E-state index contributed by atoms with van der Waals surface area (Å²) in [7, 11) is 0. The van der Waals surface area contributed by atoms with Gasteiger partial charge in [-0.1, -0.05) is 18.2 Å². The van der Waals surface area contributed by atoms with Gasteiger partial charge in [-0.05, 0) is 57.5 Å². The number of fused-ring (bicyclic) bond motifs is 1. The molecule has 1 aromatic heterocycles. The molecule has 3 rings (SSSR count). The zero-order valence-electron chi connectivity index (χ0n) is 11.7. The Morgan fingerprint density at radius 1 is 1.15 bits per heavy atom. The molecular weight excluding hydrogens is 250 g/mol. The minimum atomic E-state index is -0.0647. The van der Waals surface area contributed by atoms with Crippen LogP contribution in [0.25, 0.3) is 10.9 Å². The molecule has 1 saturated heterocycles. The molecule has 0 amide bonds. The van der Waals surface area contributed by atoms with Crippen molar-refractivity contribution in [1.82, 2.24) is 9.58 Å². The molecule has 2 N–H and O–H groups in total. The monoisotopic (exact) mass is 271 g/mol. The number of nitrogens with two attached hydrogens (primary N) is 1. The number of hydrogen-bond donors (Lipinski definition) is 1. The maximum atomic E-state index is 12.2. The van der Waals surface area contributed by atoms with Gasteiger partial charge in [0, 0.05) is 10.9 Å². The van der Waals surface area contributed by atoms with E-state index in [0.717, 1.165) is 35.9 Å². The summed E-state index contributed by atoms with van der Waals surface area (Å²) >= 11 is 0. The summed E-state index contributed by atoms with van der Waals surface area (Å²) in [4.78, 5) is 14.7. The van der Waals surface area contributed by atoms with E-state index in [2.05, 4.69) is 4.90 Å². The average Bonchev–Trinajstić information content (AvgIpc) is 2.97. The fourth-order valence-corrected chi connectivity index (χ4v) is 3.02. The van der Waals surface area contributed by atoms with Crippen LogP contribution in [0.5, 0.6) is 0 Å². The molecule has 106 valence electrons. The quantitative estimate of drug-likeness (QED) is 0.862. The van der Waals surface area contributed by atoms with Gasteiger partial charge >= 0.3 is 0 Å². The van der Waals surface area contributed by atoms with Crippen LogP contribution >= 0.6 is 0 Å². The maximum absolute atomic E-state index is 12.2. The predicted octanol–water partition coefficient (Wildman–Crippen LogP) is 1.74. The van der Waals surface area contributed by atoms with Gasteiger partial charge in [-0.2, -0.15) is 0 Å². The van der Waals surface area contributed by atoms with Crippen LogP contribution in [-0.2, 0) is 6.42 Å². The van der Waals surface area contributed by atoms with Crippen LogP contribution < -0.4 is 11.4 Å². The number of nitrogen functional groups attached to an aromatic ring is 1. The van der Waals surface area contributed by atoms with E-state index in [4.69, 9.17) is 5.84 Å². The molecule has 4 nitrogen and oxygen atoms in total. The second-order valence-electron chi connectivity index (χ2n) is 5.56. The first-order valence-corrected chi connectivity index (χ1v) is 7.37. The number of para-hydroxylation sites is 1.